The third-order valence-electron chi connectivity index (χ3n) is 3.13. The van der Waals surface area contributed by atoms with E-state index >= 15 is 0 Å². The highest BCUT2D eigenvalue weighted by Gasteiger charge is 2.33. The fraction of sp³-hybridized carbons (Fsp3) is 0.600. The lowest BCUT2D eigenvalue weighted by atomic mass is 10.2. The molecule has 1 heterocycles. The summed E-state index contributed by atoms with van der Waals surface area (Å²) < 4.78 is 38.5. The molecule has 0 bridgehead atoms. The summed E-state index contributed by atoms with van der Waals surface area (Å²) in [6, 6.07) is 2.55. The summed E-state index contributed by atoms with van der Waals surface area (Å²) in [5.41, 5.74) is -0.770. The molecule has 0 saturated heterocycles. The second-order valence-electron chi connectivity index (χ2n) is 5.04. The van der Waals surface area contributed by atoms with Gasteiger partial charge in [0.2, 0.25) is 0 Å². The lowest BCUT2D eigenvalue weighted by Gasteiger charge is -2.16. The van der Waals surface area contributed by atoms with Gasteiger partial charge in [-0.15, -0.1) is 24.0 Å². The zero-order chi connectivity index (χ0) is 17.3. The zero-order valence-electron chi connectivity index (χ0n) is 14.1. The topological polar surface area (TPSA) is 61.3 Å². The van der Waals surface area contributed by atoms with Crippen molar-refractivity contribution < 1.29 is 13.2 Å². The zero-order valence-corrected chi connectivity index (χ0v) is 16.4. The van der Waals surface area contributed by atoms with Crippen molar-refractivity contribution in [2.75, 3.05) is 25.0 Å². The Morgan fingerprint density at radius 1 is 1.33 bits per heavy atom. The second kappa shape index (κ2) is 11.3. The van der Waals surface area contributed by atoms with Crippen LogP contribution in [0, 0.1) is 0 Å². The van der Waals surface area contributed by atoms with Crippen LogP contribution in [0.4, 0.5) is 19.0 Å². The van der Waals surface area contributed by atoms with Gasteiger partial charge in [0, 0.05) is 25.3 Å². The fourth-order valence-electron chi connectivity index (χ4n) is 1.77. The maximum atomic E-state index is 12.8. The van der Waals surface area contributed by atoms with Gasteiger partial charge in [-0.1, -0.05) is 6.92 Å². The van der Waals surface area contributed by atoms with Crippen LogP contribution in [0.15, 0.2) is 23.3 Å². The minimum absolute atomic E-state index is 0. The van der Waals surface area contributed by atoms with Crippen molar-refractivity contribution in [2.24, 2.45) is 4.99 Å². The monoisotopic (exact) mass is 459 g/mol. The van der Waals surface area contributed by atoms with E-state index in [9.17, 15) is 13.2 Å². The van der Waals surface area contributed by atoms with Crippen molar-refractivity contribution in [2.45, 2.75) is 39.4 Å². The second-order valence-corrected chi connectivity index (χ2v) is 5.04. The third-order valence-corrected chi connectivity index (χ3v) is 3.13. The molecule has 9 heteroatoms. The molecule has 0 aliphatic rings. The predicted octanol–water partition coefficient (Wildman–Crippen LogP) is 3.48. The number of rotatable bonds is 7. The standard InChI is InChI=1S/C15H24F3N5.HI/c1-4-11(3)23-14(19-5-2)22-10-9-21-13-12(15(16,17)18)7-6-8-20-13;/h6-8,11H,4-5,9-10H2,1-3H3,(H,20,21)(H2,19,22,23);1H. The van der Waals surface area contributed by atoms with Gasteiger partial charge in [0.1, 0.15) is 5.82 Å². The van der Waals surface area contributed by atoms with Crippen LogP contribution in [0.25, 0.3) is 0 Å². The van der Waals surface area contributed by atoms with E-state index in [4.69, 9.17) is 0 Å². The molecule has 0 fully saturated rings. The Morgan fingerprint density at radius 3 is 2.62 bits per heavy atom. The first-order chi connectivity index (χ1) is 10.9. The van der Waals surface area contributed by atoms with E-state index in [2.05, 4.69) is 32.9 Å². The lowest BCUT2D eigenvalue weighted by molar-refractivity contribution is -0.137. The van der Waals surface area contributed by atoms with Crippen molar-refractivity contribution in [3.05, 3.63) is 23.9 Å². The number of aromatic nitrogens is 1. The Morgan fingerprint density at radius 2 is 2.04 bits per heavy atom. The number of halogens is 4. The summed E-state index contributed by atoms with van der Waals surface area (Å²) in [6.45, 7) is 7.36. The van der Waals surface area contributed by atoms with Crippen LogP contribution in [0.3, 0.4) is 0 Å². The van der Waals surface area contributed by atoms with Gasteiger partial charge in [-0.3, -0.25) is 4.99 Å². The SMILES string of the molecule is CCNC(=NCCNc1ncccc1C(F)(F)F)NC(C)CC.I. The quantitative estimate of drug-likeness (QED) is 0.253. The van der Waals surface area contributed by atoms with Crippen LogP contribution < -0.4 is 16.0 Å². The molecule has 1 atom stereocenters. The molecule has 0 saturated carbocycles. The third kappa shape index (κ3) is 8.02. The number of hydrogen-bond acceptors (Lipinski definition) is 3. The van der Waals surface area contributed by atoms with Gasteiger partial charge >= 0.3 is 6.18 Å². The average molecular weight is 459 g/mol. The number of nitrogens with zero attached hydrogens (tertiary/aromatic N) is 2. The number of anilines is 1. The van der Waals surface area contributed by atoms with Crippen molar-refractivity contribution in [3.8, 4) is 0 Å². The Bertz CT molecular complexity index is 508. The van der Waals surface area contributed by atoms with Gasteiger partial charge in [-0.25, -0.2) is 4.98 Å². The smallest absolute Gasteiger partial charge is 0.368 e. The number of alkyl halides is 3. The first kappa shape index (κ1) is 22.7. The number of pyridine rings is 1. The van der Waals surface area contributed by atoms with Crippen LogP contribution in [-0.2, 0) is 6.18 Å². The van der Waals surface area contributed by atoms with Gasteiger partial charge in [-0.05, 0) is 32.4 Å². The van der Waals surface area contributed by atoms with Gasteiger partial charge < -0.3 is 16.0 Å². The van der Waals surface area contributed by atoms with Crippen molar-refractivity contribution in [1.29, 1.82) is 0 Å². The molecule has 0 aliphatic heterocycles. The molecule has 0 aromatic carbocycles. The highest BCUT2D eigenvalue weighted by atomic mass is 127. The van der Waals surface area contributed by atoms with Crippen LogP contribution in [0.5, 0.6) is 0 Å². The Hall–Kier alpha value is -1.26. The fourth-order valence-corrected chi connectivity index (χ4v) is 1.77. The van der Waals surface area contributed by atoms with Crippen molar-refractivity contribution in [3.63, 3.8) is 0 Å². The highest BCUT2D eigenvalue weighted by Crippen LogP contribution is 2.33. The minimum Gasteiger partial charge on any atom is -0.368 e. The summed E-state index contributed by atoms with van der Waals surface area (Å²) in [5.74, 6) is 0.482. The van der Waals surface area contributed by atoms with Crippen LogP contribution in [0.2, 0.25) is 0 Å². The lowest BCUT2D eigenvalue weighted by Crippen LogP contribution is -2.42. The van der Waals surface area contributed by atoms with E-state index in [1.54, 1.807) is 0 Å². The van der Waals surface area contributed by atoms with Crippen LogP contribution in [-0.4, -0.2) is 36.6 Å². The molecule has 24 heavy (non-hydrogen) atoms. The van der Waals surface area contributed by atoms with E-state index in [-0.39, 0.29) is 42.4 Å². The van der Waals surface area contributed by atoms with Crippen LogP contribution in [0.1, 0.15) is 32.8 Å². The van der Waals surface area contributed by atoms with Crippen molar-refractivity contribution >= 4 is 35.8 Å². The van der Waals surface area contributed by atoms with Crippen molar-refractivity contribution in [1.82, 2.24) is 15.6 Å². The number of aliphatic imine (C=N–C) groups is 1. The molecule has 0 aliphatic carbocycles. The molecule has 5 nitrogen and oxygen atoms in total. The molecule has 138 valence electrons. The molecule has 0 radical (unpaired) electrons. The maximum absolute atomic E-state index is 12.8. The van der Waals surface area contributed by atoms with Gasteiger partial charge in [-0.2, -0.15) is 13.2 Å². The summed E-state index contributed by atoms with van der Waals surface area (Å²) in [5, 5.41) is 9.01. The maximum Gasteiger partial charge on any atom is 0.419 e. The molecule has 0 amide bonds. The minimum atomic E-state index is -4.42. The van der Waals surface area contributed by atoms with E-state index in [1.807, 2.05) is 13.8 Å². The Balaban J connectivity index is 0.00000529. The van der Waals surface area contributed by atoms with E-state index < -0.39 is 11.7 Å². The van der Waals surface area contributed by atoms with Crippen LogP contribution >= 0.6 is 24.0 Å². The Labute approximate surface area is 157 Å². The first-order valence-corrected chi connectivity index (χ1v) is 7.69. The Kier molecular flexibility index (Phi) is 10.7. The van der Waals surface area contributed by atoms with E-state index in [0.29, 0.717) is 19.0 Å². The number of hydrogen-bond donors (Lipinski definition) is 3. The molecule has 3 N–H and O–H groups in total. The molecule has 1 aromatic rings. The normalized spacial score (nSPS) is 13.0. The summed E-state index contributed by atoms with van der Waals surface area (Å²) in [6.07, 6.45) is -2.15. The molecule has 1 unspecified atom stereocenters. The number of guanidine groups is 1. The largest absolute Gasteiger partial charge is 0.419 e. The van der Waals surface area contributed by atoms with Gasteiger partial charge in [0.25, 0.3) is 0 Å². The first-order valence-electron chi connectivity index (χ1n) is 7.69. The molecular formula is C15H25F3IN5. The molecule has 1 aromatic heterocycles. The summed E-state index contributed by atoms with van der Waals surface area (Å²) in [4.78, 5) is 8.08. The average Bonchev–Trinajstić information content (AvgIpc) is 2.51. The van der Waals surface area contributed by atoms with Gasteiger partial charge in [0.15, 0.2) is 5.96 Å². The molecule has 0 spiro atoms. The molecular weight excluding hydrogens is 434 g/mol. The summed E-state index contributed by atoms with van der Waals surface area (Å²) >= 11 is 0. The van der Waals surface area contributed by atoms with E-state index in [0.717, 1.165) is 12.5 Å². The number of nitrogens with one attached hydrogen (secondary N) is 3. The molecule has 1 rings (SSSR count). The van der Waals surface area contributed by atoms with Gasteiger partial charge in [0.05, 0.1) is 12.1 Å². The predicted molar refractivity (Wildman–Crippen MR) is 102 cm³/mol. The summed E-state index contributed by atoms with van der Waals surface area (Å²) in [7, 11) is 0. The van der Waals surface area contributed by atoms with E-state index in [1.165, 1.54) is 12.3 Å². The highest BCUT2D eigenvalue weighted by molar-refractivity contribution is 14.0.